The van der Waals surface area contributed by atoms with E-state index in [0.29, 0.717) is 32.8 Å². The van der Waals surface area contributed by atoms with Crippen molar-refractivity contribution in [3.05, 3.63) is 18.0 Å². The van der Waals surface area contributed by atoms with Crippen LogP contribution in [0.25, 0.3) is 0 Å². The van der Waals surface area contributed by atoms with Gasteiger partial charge in [0, 0.05) is 31.9 Å². The molecule has 0 radical (unpaired) electrons. The summed E-state index contributed by atoms with van der Waals surface area (Å²) in [7, 11) is 1.88. The van der Waals surface area contributed by atoms with Crippen LogP contribution in [0.4, 0.5) is 0 Å². The number of carbonyl (C=O) groups excluding carboxylic acids is 1. The number of morpholine rings is 2. The van der Waals surface area contributed by atoms with E-state index in [4.69, 9.17) is 9.47 Å². The summed E-state index contributed by atoms with van der Waals surface area (Å²) < 4.78 is 13.3. The van der Waals surface area contributed by atoms with Crippen molar-refractivity contribution in [2.75, 3.05) is 32.8 Å². The number of amides is 1. The highest BCUT2D eigenvalue weighted by molar-refractivity contribution is 5.83. The molecule has 0 aliphatic carbocycles. The summed E-state index contributed by atoms with van der Waals surface area (Å²) in [6.07, 6.45) is 3.64. The van der Waals surface area contributed by atoms with Crippen LogP contribution in [0.1, 0.15) is 19.4 Å². The predicted octanol–water partition coefficient (Wildman–Crippen LogP) is -0.129. The molecule has 1 amide bonds. The van der Waals surface area contributed by atoms with Crippen LogP contribution < -0.4 is 5.32 Å². The average Bonchev–Trinajstić information content (AvgIpc) is 2.95. The van der Waals surface area contributed by atoms with Crippen molar-refractivity contribution in [3.63, 3.8) is 0 Å². The first-order chi connectivity index (χ1) is 10.5. The first-order valence-corrected chi connectivity index (χ1v) is 7.76. The zero-order valence-electron chi connectivity index (χ0n) is 13.4. The van der Waals surface area contributed by atoms with Gasteiger partial charge in [-0.25, -0.2) is 0 Å². The van der Waals surface area contributed by atoms with Gasteiger partial charge in [-0.3, -0.25) is 9.48 Å². The zero-order chi connectivity index (χ0) is 15.7. The fraction of sp³-hybridized carbons (Fsp3) is 0.733. The van der Waals surface area contributed by atoms with Crippen LogP contribution in [0.3, 0.4) is 0 Å². The molecule has 1 unspecified atom stereocenters. The van der Waals surface area contributed by atoms with Gasteiger partial charge in [0.2, 0.25) is 5.91 Å². The molecule has 1 N–H and O–H groups in total. The molecule has 7 heteroatoms. The Bertz CT molecular complexity index is 547. The molecular formula is C15H24N4O3. The predicted molar refractivity (Wildman–Crippen MR) is 80.3 cm³/mol. The van der Waals surface area contributed by atoms with E-state index in [0.717, 1.165) is 5.56 Å². The van der Waals surface area contributed by atoms with Gasteiger partial charge in [-0.05, 0) is 13.8 Å². The number of ether oxygens (including phenoxy) is 2. The summed E-state index contributed by atoms with van der Waals surface area (Å²) in [4.78, 5) is 14.7. The van der Waals surface area contributed by atoms with Crippen LogP contribution in [0.2, 0.25) is 0 Å². The number of carbonyl (C=O) groups is 1. The first-order valence-electron chi connectivity index (χ1n) is 7.76. The Morgan fingerprint density at radius 2 is 2.32 bits per heavy atom. The molecule has 3 heterocycles. The lowest BCUT2D eigenvalue weighted by molar-refractivity contribution is -0.156. The highest BCUT2D eigenvalue weighted by atomic mass is 16.5. The molecule has 122 valence electrons. The van der Waals surface area contributed by atoms with Gasteiger partial charge in [0.1, 0.15) is 11.6 Å². The van der Waals surface area contributed by atoms with Gasteiger partial charge >= 0.3 is 0 Å². The summed E-state index contributed by atoms with van der Waals surface area (Å²) in [5.74, 6) is 0.0885. The second-order valence-electron chi connectivity index (χ2n) is 6.25. The third kappa shape index (κ3) is 2.88. The van der Waals surface area contributed by atoms with Crippen LogP contribution in [0, 0.1) is 0 Å². The average molecular weight is 308 g/mol. The Morgan fingerprint density at radius 1 is 1.50 bits per heavy atom. The molecule has 1 aromatic heterocycles. The Kier molecular flexibility index (Phi) is 4.20. The number of nitrogens with one attached hydrogen (secondary N) is 1. The van der Waals surface area contributed by atoms with Crippen LogP contribution in [0.15, 0.2) is 12.4 Å². The highest BCUT2D eigenvalue weighted by Gasteiger charge is 2.40. The molecule has 2 saturated heterocycles. The smallest absolute Gasteiger partial charge is 0.242 e. The third-order valence-corrected chi connectivity index (χ3v) is 4.48. The van der Waals surface area contributed by atoms with Crippen LogP contribution in [-0.4, -0.2) is 65.6 Å². The number of nitrogens with zero attached hydrogens (tertiary/aromatic N) is 3. The van der Waals surface area contributed by atoms with E-state index in [9.17, 15) is 4.79 Å². The number of aryl methyl sites for hydroxylation is 1. The maximum Gasteiger partial charge on any atom is 0.242 e. The van der Waals surface area contributed by atoms with Gasteiger partial charge in [-0.1, -0.05) is 0 Å². The minimum absolute atomic E-state index is 0.0885. The van der Waals surface area contributed by atoms with Crippen molar-refractivity contribution in [2.24, 2.45) is 7.05 Å². The van der Waals surface area contributed by atoms with E-state index >= 15 is 0 Å². The van der Waals surface area contributed by atoms with Crippen molar-refractivity contribution in [1.29, 1.82) is 0 Å². The topological polar surface area (TPSA) is 68.6 Å². The molecule has 0 saturated carbocycles. The lowest BCUT2D eigenvalue weighted by atomic mass is 9.96. The monoisotopic (exact) mass is 308 g/mol. The van der Waals surface area contributed by atoms with E-state index in [1.807, 2.05) is 32.0 Å². The normalized spacial score (nSPS) is 33.0. The van der Waals surface area contributed by atoms with Crippen LogP contribution in [0.5, 0.6) is 0 Å². The molecule has 1 aromatic rings. The van der Waals surface area contributed by atoms with Crippen LogP contribution in [-0.2, 0) is 26.9 Å². The van der Waals surface area contributed by atoms with Gasteiger partial charge in [0.25, 0.3) is 0 Å². The molecule has 2 aliphatic heterocycles. The Morgan fingerprint density at radius 3 is 3.00 bits per heavy atom. The maximum absolute atomic E-state index is 12.8. The van der Waals surface area contributed by atoms with E-state index < -0.39 is 5.60 Å². The molecule has 0 spiro atoms. The lowest BCUT2D eigenvalue weighted by Crippen LogP contribution is -2.60. The summed E-state index contributed by atoms with van der Waals surface area (Å²) >= 11 is 0. The van der Waals surface area contributed by atoms with Gasteiger partial charge in [-0.2, -0.15) is 5.10 Å². The van der Waals surface area contributed by atoms with Crippen molar-refractivity contribution >= 4 is 5.91 Å². The second-order valence-corrected chi connectivity index (χ2v) is 6.25. The Labute approximate surface area is 130 Å². The minimum Gasteiger partial charge on any atom is -0.375 e. The number of hydrogen-bond donors (Lipinski definition) is 1. The lowest BCUT2D eigenvalue weighted by Gasteiger charge is -2.42. The molecule has 2 aliphatic rings. The Hall–Kier alpha value is -1.44. The van der Waals surface area contributed by atoms with Crippen molar-refractivity contribution in [3.8, 4) is 0 Å². The summed E-state index contributed by atoms with van der Waals surface area (Å²) in [6.45, 7) is 6.99. The molecule has 0 bridgehead atoms. The van der Waals surface area contributed by atoms with Crippen molar-refractivity contribution in [2.45, 2.75) is 31.6 Å². The molecule has 7 nitrogen and oxygen atoms in total. The van der Waals surface area contributed by atoms with Gasteiger partial charge in [0.15, 0.2) is 0 Å². The maximum atomic E-state index is 12.8. The summed E-state index contributed by atoms with van der Waals surface area (Å²) in [6, 6.07) is -0.273. The molecule has 3 rings (SSSR count). The van der Waals surface area contributed by atoms with E-state index in [-0.39, 0.29) is 18.1 Å². The third-order valence-electron chi connectivity index (χ3n) is 4.48. The Balaban J connectivity index is 1.73. The molecule has 0 aromatic carbocycles. The highest BCUT2D eigenvalue weighted by Crippen LogP contribution is 2.29. The van der Waals surface area contributed by atoms with Gasteiger partial charge in [-0.15, -0.1) is 0 Å². The molecule has 3 atom stereocenters. The number of hydrogen-bond acceptors (Lipinski definition) is 5. The van der Waals surface area contributed by atoms with E-state index in [1.54, 1.807) is 10.9 Å². The fourth-order valence-corrected chi connectivity index (χ4v) is 3.13. The van der Waals surface area contributed by atoms with Crippen molar-refractivity contribution < 1.29 is 14.3 Å². The minimum atomic E-state index is -0.513. The number of aromatic nitrogens is 2. The largest absolute Gasteiger partial charge is 0.375 e. The summed E-state index contributed by atoms with van der Waals surface area (Å²) in [5.41, 5.74) is 0.481. The molecular weight excluding hydrogens is 284 g/mol. The number of rotatable bonds is 2. The SMILES string of the molecule is C[C@H]1OCCN[C@@H]1C(=O)N1CCOC(C)(c2cnn(C)c2)C1. The van der Waals surface area contributed by atoms with Crippen LogP contribution >= 0.6 is 0 Å². The van der Waals surface area contributed by atoms with Gasteiger partial charge in [0.05, 0.1) is 32.1 Å². The quantitative estimate of drug-likeness (QED) is 0.824. The zero-order valence-corrected chi connectivity index (χ0v) is 13.4. The second kappa shape index (κ2) is 5.98. The van der Waals surface area contributed by atoms with E-state index in [2.05, 4.69) is 10.4 Å². The van der Waals surface area contributed by atoms with Gasteiger partial charge < -0.3 is 19.7 Å². The van der Waals surface area contributed by atoms with E-state index in [1.165, 1.54) is 0 Å². The molecule has 2 fully saturated rings. The standard InChI is InChI=1S/C15H24N4O3/c1-11-13(16-4-6-21-11)14(20)19-5-7-22-15(2,10-19)12-8-17-18(3)9-12/h8-9,11,13,16H,4-7,10H2,1-3H3/t11-,13+,15?/m1/s1. The summed E-state index contributed by atoms with van der Waals surface area (Å²) in [5, 5.41) is 7.47. The fourth-order valence-electron chi connectivity index (χ4n) is 3.13. The van der Waals surface area contributed by atoms with Crippen molar-refractivity contribution in [1.82, 2.24) is 20.0 Å². The molecule has 22 heavy (non-hydrogen) atoms. The first kappa shape index (κ1) is 15.5.